The Morgan fingerprint density at radius 3 is 0.810 bits per heavy atom. The highest BCUT2D eigenvalue weighted by Gasteiger charge is 2.30. The summed E-state index contributed by atoms with van der Waals surface area (Å²) in [6.45, 7) is 9.35. The average Bonchev–Trinajstić information content (AvgIpc) is 3.62. The van der Waals surface area contributed by atoms with Gasteiger partial charge in [-0.3, -0.25) is 37.3 Å². The Balaban J connectivity index is 5.20. The first-order valence-electron chi connectivity index (χ1n) is 34.0. The van der Waals surface area contributed by atoms with Crippen molar-refractivity contribution < 1.29 is 80.2 Å². The second kappa shape index (κ2) is 57.5. The molecule has 0 bridgehead atoms. The standard InChI is InChI=1S/C65H126O17P2/c1-7-9-11-13-15-17-18-19-20-21-22-23-24-30-37-43-49-64(69)81-60(53-76-63(68)48-42-36-29-26-25-27-33-39-45-57(3)4)55-79-83(71,72)77-51-59(66)52-78-84(73,74)80-56-61(54-75-62(67)47-41-35-28-16-14-12-10-8-2)82-65(70)50-44-38-32-31-34-40-46-58(5)6/h57-61,66H,7-56H2,1-6H3,(H,71,72)(H,73,74)/t59-,60-,61-/m1/s1. The molecule has 3 N–H and O–H groups in total. The van der Waals surface area contributed by atoms with Crippen molar-refractivity contribution in [1.82, 2.24) is 0 Å². The molecule has 17 nitrogen and oxygen atoms in total. The molecule has 19 heteroatoms. The Bertz CT molecular complexity index is 1650. The molecule has 0 aliphatic rings. The van der Waals surface area contributed by atoms with Gasteiger partial charge in [-0.05, 0) is 37.5 Å². The van der Waals surface area contributed by atoms with Crippen LogP contribution in [0.3, 0.4) is 0 Å². The molecule has 0 saturated heterocycles. The zero-order valence-electron chi connectivity index (χ0n) is 54.2. The number of carbonyl (C=O) groups is 4. The second-order valence-electron chi connectivity index (χ2n) is 24.5. The van der Waals surface area contributed by atoms with Crippen molar-refractivity contribution in [2.45, 2.75) is 342 Å². The molecule has 5 atom stereocenters. The van der Waals surface area contributed by atoms with Crippen LogP contribution in [-0.2, 0) is 65.4 Å². The highest BCUT2D eigenvalue weighted by molar-refractivity contribution is 7.47. The van der Waals surface area contributed by atoms with Gasteiger partial charge in [-0.1, -0.05) is 273 Å². The maximum Gasteiger partial charge on any atom is 0.472 e. The number of aliphatic hydroxyl groups excluding tert-OH is 1. The van der Waals surface area contributed by atoms with E-state index in [9.17, 15) is 43.2 Å². The van der Waals surface area contributed by atoms with Crippen LogP contribution >= 0.6 is 15.6 Å². The number of phosphoric acid groups is 2. The first-order valence-corrected chi connectivity index (χ1v) is 37.0. The zero-order valence-corrected chi connectivity index (χ0v) is 56.0. The van der Waals surface area contributed by atoms with Crippen molar-refractivity contribution >= 4 is 39.5 Å². The van der Waals surface area contributed by atoms with Gasteiger partial charge in [0.15, 0.2) is 12.2 Å². The lowest BCUT2D eigenvalue weighted by Gasteiger charge is -2.21. The van der Waals surface area contributed by atoms with E-state index in [0.29, 0.717) is 31.6 Å². The summed E-state index contributed by atoms with van der Waals surface area (Å²) in [4.78, 5) is 72.1. The third-order valence-corrected chi connectivity index (χ3v) is 16.9. The molecule has 2 unspecified atom stereocenters. The van der Waals surface area contributed by atoms with E-state index in [1.807, 2.05) is 0 Å². The van der Waals surface area contributed by atoms with E-state index in [4.69, 9.17) is 37.0 Å². The number of aliphatic hydroxyl groups is 1. The molecular formula is C65H126O17P2. The number of carbonyl (C=O) groups excluding carboxylic acids is 4. The third-order valence-electron chi connectivity index (χ3n) is 15.0. The molecule has 0 fully saturated rings. The predicted molar refractivity (Wildman–Crippen MR) is 335 cm³/mol. The molecule has 0 aromatic rings. The van der Waals surface area contributed by atoms with E-state index in [1.54, 1.807) is 0 Å². The smallest absolute Gasteiger partial charge is 0.462 e. The van der Waals surface area contributed by atoms with Crippen LogP contribution in [-0.4, -0.2) is 96.7 Å². The Kier molecular flexibility index (Phi) is 56.2. The van der Waals surface area contributed by atoms with Crippen molar-refractivity contribution in [3.05, 3.63) is 0 Å². The number of esters is 4. The number of hydrogen-bond donors (Lipinski definition) is 3. The van der Waals surface area contributed by atoms with Crippen molar-refractivity contribution in [2.24, 2.45) is 11.8 Å². The first-order chi connectivity index (χ1) is 40.4. The summed E-state index contributed by atoms with van der Waals surface area (Å²) in [6, 6.07) is 0. The zero-order chi connectivity index (χ0) is 62.2. The van der Waals surface area contributed by atoms with Crippen LogP contribution in [0, 0.1) is 11.8 Å². The third kappa shape index (κ3) is 59.0. The lowest BCUT2D eigenvalue weighted by Crippen LogP contribution is -2.30. The summed E-state index contributed by atoms with van der Waals surface area (Å²) >= 11 is 0. The van der Waals surface area contributed by atoms with Gasteiger partial charge >= 0.3 is 39.5 Å². The molecule has 0 aromatic heterocycles. The molecule has 0 amide bonds. The molecule has 0 radical (unpaired) electrons. The van der Waals surface area contributed by atoms with Gasteiger partial charge in [0.05, 0.1) is 26.4 Å². The van der Waals surface area contributed by atoms with Crippen LogP contribution in [0.5, 0.6) is 0 Å². The van der Waals surface area contributed by atoms with Gasteiger partial charge in [0.1, 0.15) is 19.3 Å². The van der Waals surface area contributed by atoms with Crippen LogP contribution < -0.4 is 0 Å². The summed E-state index contributed by atoms with van der Waals surface area (Å²) < 4.78 is 67.9. The summed E-state index contributed by atoms with van der Waals surface area (Å²) in [5, 5.41) is 10.5. The molecule has 498 valence electrons. The van der Waals surface area contributed by atoms with Crippen LogP contribution in [0.1, 0.15) is 324 Å². The van der Waals surface area contributed by atoms with E-state index in [0.717, 1.165) is 102 Å². The summed E-state index contributed by atoms with van der Waals surface area (Å²) in [6.07, 6.45) is 40.6. The largest absolute Gasteiger partial charge is 0.472 e. The quantitative estimate of drug-likeness (QED) is 0.0222. The normalized spacial score (nSPS) is 14.3. The molecular weight excluding hydrogens is 1110 g/mol. The topological polar surface area (TPSA) is 237 Å². The van der Waals surface area contributed by atoms with Gasteiger partial charge in [-0.2, -0.15) is 0 Å². The second-order valence-corrected chi connectivity index (χ2v) is 27.4. The van der Waals surface area contributed by atoms with E-state index >= 15 is 0 Å². The Hall–Kier alpha value is -1.94. The summed E-state index contributed by atoms with van der Waals surface area (Å²) in [5.74, 6) is -0.742. The van der Waals surface area contributed by atoms with Crippen LogP contribution in [0.2, 0.25) is 0 Å². The summed E-state index contributed by atoms with van der Waals surface area (Å²) in [5.41, 5.74) is 0. The minimum atomic E-state index is -4.95. The van der Waals surface area contributed by atoms with Crippen LogP contribution in [0.4, 0.5) is 0 Å². The van der Waals surface area contributed by atoms with E-state index in [1.165, 1.54) is 135 Å². The van der Waals surface area contributed by atoms with Gasteiger partial charge < -0.3 is 33.8 Å². The maximum absolute atomic E-state index is 13.0. The molecule has 0 rings (SSSR count). The molecule has 0 spiro atoms. The molecule has 0 heterocycles. The lowest BCUT2D eigenvalue weighted by atomic mass is 10.0. The summed E-state index contributed by atoms with van der Waals surface area (Å²) in [7, 11) is -9.88. The Labute approximate surface area is 511 Å². The number of hydrogen-bond acceptors (Lipinski definition) is 15. The SMILES string of the molecule is CCCCCCCCCCCCCCCCCCC(=O)O[C@H](COC(=O)CCCCCCCCCCC(C)C)COP(=O)(O)OC[C@@H](O)COP(=O)(O)OC[C@@H](COC(=O)CCCCCCCCCC)OC(=O)CCCCCCCCC(C)C. The van der Waals surface area contributed by atoms with E-state index < -0.39 is 97.5 Å². The van der Waals surface area contributed by atoms with Crippen LogP contribution in [0.15, 0.2) is 0 Å². The van der Waals surface area contributed by atoms with Crippen molar-refractivity contribution in [1.29, 1.82) is 0 Å². The highest BCUT2D eigenvalue weighted by atomic mass is 31.2. The number of ether oxygens (including phenoxy) is 4. The fourth-order valence-electron chi connectivity index (χ4n) is 9.71. The lowest BCUT2D eigenvalue weighted by molar-refractivity contribution is -0.161. The fourth-order valence-corrected chi connectivity index (χ4v) is 11.3. The molecule has 0 saturated carbocycles. The maximum atomic E-state index is 13.0. The minimum absolute atomic E-state index is 0.102. The first kappa shape index (κ1) is 82.1. The van der Waals surface area contributed by atoms with Gasteiger partial charge in [0, 0.05) is 25.7 Å². The van der Waals surface area contributed by atoms with Crippen molar-refractivity contribution in [2.75, 3.05) is 39.6 Å². The van der Waals surface area contributed by atoms with Gasteiger partial charge in [0.25, 0.3) is 0 Å². The average molecular weight is 1240 g/mol. The van der Waals surface area contributed by atoms with Crippen LogP contribution in [0.25, 0.3) is 0 Å². The van der Waals surface area contributed by atoms with Crippen molar-refractivity contribution in [3.8, 4) is 0 Å². The highest BCUT2D eigenvalue weighted by Crippen LogP contribution is 2.45. The van der Waals surface area contributed by atoms with Crippen molar-refractivity contribution in [3.63, 3.8) is 0 Å². The Morgan fingerprint density at radius 2 is 0.548 bits per heavy atom. The number of unbranched alkanes of at least 4 members (excludes halogenated alkanes) is 34. The van der Waals surface area contributed by atoms with Gasteiger partial charge in [-0.25, -0.2) is 9.13 Å². The van der Waals surface area contributed by atoms with Gasteiger partial charge in [0.2, 0.25) is 0 Å². The monoisotopic (exact) mass is 1240 g/mol. The van der Waals surface area contributed by atoms with Gasteiger partial charge in [-0.15, -0.1) is 0 Å². The molecule has 0 aliphatic carbocycles. The predicted octanol–water partition coefficient (Wildman–Crippen LogP) is 18.0. The molecule has 0 aromatic carbocycles. The molecule has 0 aliphatic heterocycles. The van der Waals surface area contributed by atoms with E-state index in [-0.39, 0.29) is 25.7 Å². The minimum Gasteiger partial charge on any atom is -0.462 e. The van der Waals surface area contributed by atoms with E-state index in [2.05, 4.69) is 41.5 Å². The molecule has 84 heavy (non-hydrogen) atoms. The number of phosphoric ester groups is 2. The number of rotatable bonds is 64. The Morgan fingerprint density at radius 1 is 0.321 bits per heavy atom. The fraction of sp³-hybridized carbons (Fsp3) is 0.938.